The number of carbonyl (C=O) groups excluding carboxylic acids is 2. The third-order valence-corrected chi connectivity index (χ3v) is 6.81. The lowest BCUT2D eigenvalue weighted by atomic mass is 9.76. The molecule has 2 aliphatic rings. The molecule has 0 bridgehead atoms. The average Bonchev–Trinajstić information content (AvgIpc) is 3.20. The van der Waals surface area contributed by atoms with Crippen LogP contribution in [0.1, 0.15) is 30.4 Å². The van der Waals surface area contributed by atoms with Crippen molar-refractivity contribution in [2.24, 2.45) is 11.1 Å². The fraction of sp³-hybridized carbons (Fsp3) is 0.375. The second kappa shape index (κ2) is 9.09. The molecule has 0 aromatic heterocycles. The van der Waals surface area contributed by atoms with Gasteiger partial charge in [-0.15, -0.1) is 0 Å². The van der Waals surface area contributed by atoms with Gasteiger partial charge in [0.2, 0.25) is 5.91 Å². The van der Waals surface area contributed by atoms with Gasteiger partial charge in [0.05, 0.1) is 17.2 Å². The first-order valence-electron chi connectivity index (χ1n) is 11.0. The molecule has 0 radical (unpaired) electrons. The van der Waals surface area contributed by atoms with Gasteiger partial charge in [-0.25, -0.2) is 9.18 Å². The highest BCUT2D eigenvalue weighted by Crippen LogP contribution is 2.45. The monoisotopic (exact) mass is 489 g/mol. The number of rotatable bonds is 3. The molecule has 184 valence electrons. The molecule has 4 rings (SSSR count). The summed E-state index contributed by atoms with van der Waals surface area (Å²) in [5.41, 5.74) is 4.50. The molecule has 11 heteroatoms. The molecule has 2 fully saturated rings. The Morgan fingerprint density at radius 3 is 2.34 bits per heavy atom. The maximum atomic E-state index is 13.4. The van der Waals surface area contributed by atoms with Crippen molar-refractivity contribution in [2.75, 3.05) is 29.9 Å². The van der Waals surface area contributed by atoms with Crippen LogP contribution in [0.3, 0.4) is 0 Å². The Kier molecular flexibility index (Phi) is 6.32. The molecule has 7 nitrogen and oxygen atoms in total. The lowest BCUT2D eigenvalue weighted by Gasteiger charge is -2.40. The summed E-state index contributed by atoms with van der Waals surface area (Å²) < 4.78 is 53.2. The predicted octanol–water partition coefficient (Wildman–Crippen LogP) is 4.09. The van der Waals surface area contributed by atoms with Gasteiger partial charge in [0.25, 0.3) is 0 Å². The number of piperidine rings is 1. The van der Waals surface area contributed by atoms with Crippen LogP contribution in [0.15, 0.2) is 42.5 Å². The Morgan fingerprint density at radius 1 is 1.11 bits per heavy atom. The van der Waals surface area contributed by atoms with E-state index in [-0.39, 0.29) is 6.54 Å². The second-order valence-electron chi connectivity index (χ2n) is 9.01. The minimum atomic E-state index is -4.64. The van der Waals surface area contributed by atoms with Crippen LogP contribution in [0.4, 0.5) is 33.7 Å². The van der Waals surface area contributed by atoms with E-state index in [1.165, 1.54) is 41.3 Å². The maximum absolute atomic E-state index is 13.4. The molecular weight excluding hydrogens is 466 g/mol. The second-order valence-corrected chi connectivity index (χ2v) is 9.01. The lowest BCUT2D eigenvalue weighted by molar-refractivity contribution is -0.137. The molecule has 2 aromatic rings. The molecule has 3 amide bonds. The Hall–Kier alpha value is -3.81. The van der Waals surface area contributed by atoms with E-state index in [2.05, 4.69) is 5.32 Å². The maximum Gasteiger partial charge on any atom is 0.417 e. The Balaban J connectivity index is 1.47. The third kappa shape index (κ3) is 5.01. The van der Waals surface area contributed by atoms with E-state index in [0.717, 1.165) is 6.07 Å². The summed E-state index contributed by atoms with van der Waals surface area (Å²) in [7, 11) is 0. The number of amides is 3. The van der Waals surface area contributed by atoms with Crippen molar-refractivity contribution in [2.45, 2.75) is 31.5 Å². The van der Waals surface area contributed by atoms with E-state index in [9.17, 15) is 27.2 Å². The van der Waals surface area contributed by atoms with Gasteiger partial charge in [0, 0.05) is 31.0 Å². The molecule has 2 aromatic carbocycles. The molecule has 0 saturated carbocycles. The van der Waals surface area contributed by atoms with Gasteiger partial charge in [0.1, 0.15) is 11.9 Å². The number of halogens is 4. The number of benzene rings is 2. The van der Waals surface area contributed by atoms with Gasteiger partial charge in [-0.3, -0.25) is 4.79 Å². The Morgan fingerprint density at radius 2 is 1.77 bits per heavy atom. The van der Waals surface area contributed by atoms with E-state index in [1.807, 2.05) is 4.90 Å². The Bertz CT molecular complexity index is 1170. The molecule has 1 spiro atoms. The summed E-state index contributed by atoms with van der Waals surface area (Å²) in [4.78, 5) is 28.2. The molecule has 1 unspecified atom stereocenters. The van der Waals surface area contributed by atoms with Gasteiger partial charge in [-0.2, -0.15) is 18.4 Å². The van der Waals surface area contributed by atoms with Crippen LogP contribution in [0.25, 0.3) is 0 Å². The number of alkyl halides is 3. The minimum absolute atomic E-state index is 0.267. The summed E-state index contributed by atoms with van der Waals surface area (Å²) in [6.45, 7) is 1.10. The summed E-state index contributed by atoms with van der Waals surface area (Å²) in [5.74, 6) is -1.09. The number of nitriles is 1. The number of nitrogens with one attached hydrogen (secondary N) is 1. The predicted molar refractivity (Wildman–Crippen MR) is 120 cm³/mol. The summed E-state index contributed by atoms with van der Waals surface area (Å²) in [5, 5.41) is 11.7. The van der Waals surface area contributed by atoms with Crippen LogP contribution in [-0.4, -0.2) is 42.5 Å². The molecule has 2 saturated heterocycles. The number of nitrogens with zero attached hydrogens (tertiary/aromatic N) is 3. The standard InChI is InChI=1S/C24H23F4N5O2/c25-16-2-4-17(5-3-16)31-22(35)33-14-23(12-20(33)21(30)34)7-9-32(10-8-23)18-6-1-15(13-29)19(11-18)24(26,27)28/h1-6,11,20H,7-10,12,14H2,(H2,30,34)(H,31,35). The van der Waals surface area contributed by atoms with Crippen molar-refractivity contribution in [1.29, 1.82) is 5.26 Å². The highest BCUT2D eigenvalue weighted by molar-refractivity contribution is 5.94. The quantitative estimate of drug-likeness (QED) is 0.634. The van der Waals surface area contributed by atoms with E-state index < -0.39 is 46.5 Å². The zero-order valence-electron chi connectivity index (χ0n) is 18.6. The number of carbonyl (C=O) groups is 2. The third-order valence-electron chi connectivity index (χ3n) is 6.81. The summed E-state index contributed by atoms with van der Waals surface area (Å²) >= 11 is 0. The highest BCUT2D eigenvalue weighted by Gasteiger charge is 2.49. The number of hydrogen-bond donors (Lipinski definition) is 2. The zero-order valence-corrected chi connectivity index (χ0v) is 18.6. The average molecular weight is 489 g/mol. The van der Waals surface area contributed by atoms with Gasteiger partial charge in [-0.05, 0) is 67.1 Å². The number of nitrogens with two attached hydrogens (primary N) is 1. The molecule has 1 atom stereocenters. The number of anilines is 2. The van der Waals surface area contributed by atoms with E-state index >= 15 is 0 Å². The van der Waals surface area contributed by atoms with Crippen molar-refractivity contribution in [3.63, 3.8) is 0 Å². The molecule has 2 heterocycles. The van der Waals surface area contributed by atoms with Crippen molar-refractivity contribution < 1.29 is 27.2 Å². The summed E-state index contributed by atoms with van der Waals surface area (Å²) in [6, 6.07) is 9.10. The number of urea groups is 1. The molecule has 2 aliphatic heterocycles. The number of likely N-dealkylation sites (tertiary alicyclic amines) is 1. The van der Waals surface area contributed by atoms with Crippen molar-refractivity contribution in [3.8, 4) is 6.07 Å². The van der Waals surface area contributed by atoms with Gasteiger partial charge in [0.15, 0.2) is 0 Å². The van der Waals surface area contributed by atoms with Crippen molar-refractivity contribution in [1.82, 2.24) is 4.90 Å². The normalized spacial score (nSPS) is 19.5. The van der Waals surface area contributed by atoms with Crippen molar-refractivity contribution >= 4 is 23.3 Å². The lowest BCUT2D eigenvalue weighted by Crippen LogP contribution is -2.46. The van der Waals surface area contributed by atoms with E-state index in [0.29, 0.717) is 43.7 Å². The number of primary amides is 1. The van der Waals surface area contributed by atoms with Crippen LogP contribution in [0.2, 0.25) is 0 Å². The SMILES string of the molecule is N#Cc1ccc(N2CCC3(CC2)CC(C(N)=O)N(C(=O)Nc2ccc(F)cc2)C3)cc1C(F)(F)F. The summed E-state index contributed by atoms with van der Waals surface area (Å²) in [6.07, 6.45) is -3.21. The van der Waals surface area contributed by atoms with Gasteiger partial charge in [-0.1, -0.05) is 0 Å². The van der Waals surface area contributed by atoms with Gasteiger partial charge < -0.3 is 20.9 Å². The molecular formula is C24H23F4N5O2. The number of hydrogen-bond acceptors (Lipinski definition) is 4. The largest absolute Gasteiger partial charge is 0.417 e. The topological polar surface area (TPSA) is 102 Å². The highest BCUT2D eigenvalue weighted by atomic mass is 19.4. The fourth-order valence-corrected chi connectivity index (χ4v) is 4.91. The molecule has 0 aliphatic carbocycles. The van der Waals surface area contributed by atoms with Crippen LogP contribution >= 0.6 is 0 Å². The zero-order chi connectivity index (χ0) is 25.4. The van der Waals surface area contributed by atoms with Crippen LogP contribution < -0.4 is 16.0 Å². The van der Waals surface area contributed by atoms with Crippen molar-refractivity contribution in [3.05, 3.63) is 59.4 Å². The first-order valence-corrected chi connectivity index (χ1v) is 11.0. The van der Waals surface area contributed by atoms with Crippen LogP contribution in [0.5, 0.6) is 0 Å². The minimum Gasteiger partial charge on any atom is -0.371 e. The Labute approximate surface area is 199 Å². The fourth-order valence-electron chi connectivity index (χ4n) is 4.91. The van der Waals surface area contributed by atoms with Crippen LogP contribution in [0, 0.1) is 22.6 Å². The van der Waals surface area contributed by atoms with E-state index in [4.69, 9.17) is 11.0 Å². The van der Waals surface area contributed by atoms with Crippen LogP contribution in [-0.2, 0) is 11.0 Å². The first-order chi connectivity index (χ1) is 16.5. The smallest absolute Gasteiger partial charge is 0.371 e. The molecule has 35 heavy (non-hydrogen) atoms. The molecule has 3 N–H and O–H groups in total. The first kappa shape index (κ1) is 24.3. The van der Waals surface area contributed by atoms with E-state index in [1.54, 1.807) is 6.07 Å². The van der Waals surface area contributed by atoms with Gasteiger partial charge >= 0.3 is 12.2 Å².